The fourth-order valence-electron chi connectivity index (χ4n) is 2.64. The summed E-state index contributed by atoms with van der Waals surface area (Å²) in [4.78, 5) is 0. The summed E-state index contributed by atoms with van der Waals surface area (Å²) in [6, 6.07) is 6.38. The largest absolute Gasteiger partial charge is 0.353 e. The molecule has 0 spiro atoms. The minimum Gasteiger partial charge on any atom is -0.353 e. The van der Waals surface area contributed by atoms with Crippen LogP contribution in [-0.2, 0) is 6.42 Å². The van der Waals surface area contributed by atoms with Gasteiger partial charge in [-0.15, -0.1) is 10.2 Å². The van der Waals surface area contributed by atoms with Crippen molar-refractivity contribution >= 4 is 28.1 Å². The zero-order chi connectivity index (χ0) is 12.8. The highest BCUT2D eigenvalue weighted by Gasteiger charge is 2.39. The Morgan fingerprint density at radius 2 is 2.28 bits per heavy atom. The number of hydrogen-bond acceptors (Lipinski definition) is 4. The molecule has 0 saturated carbocycles. The van der Waals surface area contributed by atoms with Crippen molar-refractivity contribution in [1.82, 2.24) is 10.2 Å². The Hall–Kier alpha value is -1.13. The first-order valence-electron chi connectivity index (χ1n) is 5.87. The summed E-state index contributed by atoms with van der Waals surface area (Å²) in [6.07, 6.45) is 1.05. The van der Waals surface area contributed by atoms with Gasteiger partial charge in [0.15, 0.2) is 0 Å². The Bertz CT molecular complexity index is 566. The van der Waals surface area contributed by atoms with Gasteiger partial charge in [0.05, 0.1) is 6.04 Å². The molecule has 0 fully saturated rings. The minimum absolute atomic E-state index is 0.151. The average Bonchev–Trinajstić information content (AvgIpc) is 2.88. The van der Waals surface area contributed by atoms with Gasteiger partial charge < -0.3 is 5.32 Å². The predicted octanol–water partition coefficient (Wildman–Crippen LogP) is 3.93. The zero-order valence-corrected chi connectivity index (χ0v) is 11.8. The first-order valence-corrected chi connectivity index (χ1v) is 7.13. The molecule has 1 unspecified atom stereocenters. The van der Waals surface area contributed by atoms with Crippen molar-refractivity contribution in [1.29, 1.82) is 0 Å². The Kier molecular flexibility index (Phi) is 2.79. The van der Waals surface area contributed by atoms with Gasteiger partial charge in [-0.25, -0.2) is 0 Å². The lowest BCUT2D eigenvalue weighted by molar-refractivity contribution is 0.337. The van der Waals surface area contributed by atoms with Crippen LogP contribution in [0.4, 0.5) is 5.13 Å². The summed E-state index contributed by atoms with van der Waals surface area (Å²) in [5, 5.41) is 13.1. The lowest BCUT2D eigenvalue weighted by atomic mass is 9.85. The van der Waals surface area contributed by atoms with E-state index in [1.165, 1.54) is 22.5 Å². The van der Waals surface area contributed by atoms with Crippen LogP contribution in [0, 0.1) is 5.41 Å². The van der Waals surface area contributed by atoms with E-state index < -0.39 is 0 Å². The summed E-state index contributed by atoms with van der Waals surface area (Å²) < 4.78 is 0. The van der Waals surface area contributed by atoms with Crippen LogP contribution in [-0.4, -0.2) is 10.2 Å². The second kappa shape index (κ2) is 4.21. The number of nitrogens with zero attached hydrogens (tertiary/aromatic N) is 2. The number of rotatable bonds is 2. The fraction of sp³-hybridized carbons (Fsp3) is 0.385. The van der Waals surface area contributed by atoms with E-state index in [4.69, 9.17) is 11.6 Å². The van der Waals surface area contributed by atoms with Crippen LogP contribution in [0.25, 0.3) is 0 Å². The molecule has 1 heterocycles. The molecule has 94 valence electrons. The first kappa shape index (κ1) is 11.9. The van der Waals surface area contributed by atoms with Crippen molar-refractivity contribution in [3.8, 4) is 0 Å². The van der Waals surface area contributed by atoms with Gasteiger partial charge in [-0.2, -0.15) is 0 Å². The first-order chi connectivity index (χ1) is 8.56. The molecule has 1 N–H and O–H groups in total. The molecule has 0 amide bonds. The predicted molar refractivity (Wildman–Crippen MR) is 75.2 cm³/mol. The van der Waals surface area contributed by atoms with Crippen LogP contribution in [0.2, 0.25) is 5.02 Å². The third kappa shape index (κ3) is 1.99. The monoisotopic (exact) mass is 279 g/mol. The molecule has 2 aromatic rings. The van der Waals surface area contributed by atoms with Gasteiger partial charge in [0, 0.05) is 5.02 Å². The normalized spacial score (nSPS) is 20.7. The maximum absolute atomic E-state index is 6.11. The van der Waals surface area contributed by atoms with Crippen molar-refractivity contribution < 1.29 is 0 Å². The maximum atomic E-state index is 6.11. The third-order valence-corrected chi connectivity index (χ3v) is 4.33. The number of benzene rings is 1. The Morgan fingerprint density at radius 3 is 3.00 bits per heavy atom. The highest BCUT2D eigenvalue weighted by molar-refractivity contribution is 7.13. The van der Waals surface area contributed by atoms with E-state index in [0.29, 0.717) is 0 Å². The molecule has 0 aliphatic heterocycles. The molecule has 1 aliphatic rings. The Morgan fingerprint density at radius 1 is 1.44 bits per heavy atom. The van der Waals surface area contributed by atoms with Gasteiger partial charge in [0.2, 0.25) is 5.13 Å². The van der Waals surface area contributed by atoms with E-state index in [9.17, 15) is 0 Å². The van der Waals surface area contributed by atoms with Crippen LogP contribution >= 0.6 is 22.9 Å². The molecule has 18 heavy (non-hydrogen) atoms. The minimum atomic E-state index is 0.151. The van der Waals surface area contributed by atoms with Gasteiger partial charge >= 0.3 is 0 Å². The second-order valence-corrected chi connectivity index (χ2v) is 6.60. The number of halogens is 1. The molecule has 3 rings (SSSR count). The molecule has 5 heteroatoms. The Labute approximate surface area is 115 Å². The van der Waals surface area contributed by atoms with Gasteiger partial charge in [0.1, 0.15) is 5.51 Å². The summed E-state index contributed by atoms with van der Waals surface area (Å²) in [7, 11) is 0. The third-order valence-electron chi connectivity index (χ3n) is 3.47. The van der Waals surface area contributed by atoms with E-state index in [1.807, 2.05) is 6.07 Å². The highest BCUT2D eigenvalue weighted by atomic mass is 35.5. The van der Waals surface area contributed by atoms with Gasteiger partial charge in [-0.1, -0.05) is 42.9 Å². The van der Waals surface area contributed by atoms with Crippen molar-refractivity contribution in [2.24, 2.45) is 5.41 Å². The molecule has 0 bridgehead atoms. The fourth-order valence-corrected chi connectivity index (χ4v) is 3.30. The lowest BCUT2D eigenvalue weighted by Gasteiger charge is -2.28. The van der Waals surface area contributed by atoms with Gasteiger partial charge in [-0.05, 0) is 35.1 Å². The standard InChI is InChI=1S/C13H14ClN3S/c1-13(2)6-8-3-4-9(14)5-10(8)11(13)16-12-17-15-7-18-12/h3-5,7,11H,6H2,1-2H3,(H,16,17). The van der Waals surface area contributed by atoms with Crippen LogP contribution in [0.1, 0.15) is 31.0 Å². The summed E-state index contributed by atoms with van der Waals surface area (Å²) >= 11 is 7.63. The number of hydrogen-bond donors (Lipinski definition) is 1. The lowest BCUT2D eigenvalue weighted by Crippen LogP contribution is -2.24. The number of aromatic nitrogens is 2. The molecule has 1 aliphatic carbocycles. The van der Waals surface area contributed by atoms with Crippen LogP contribution in [0.3, 0.4) is 0 Å². The summed E-state index contributed by atoms with van der Waals surface area (Å²) in [6.45, 7) is 4.53. The number of anilines is 1. The number of nitrogens with one attached hydrogen (secondary N) is 1. The molecule has 1 aromatic heterocycles. The molecular formula is C13H14ClN3S. The van der Waals surface area contributed by atoms with Crippen molar-refractivity contribution in [2.45, 2.75) is 26.3 Å². The summed E-state index contributed by atoms with van der Waals surface area (Å²) in [5.74, 6) is 0. The molecular weight excluding hydrogens is 266 g/mol. The molecule has 0 radical (unpaired) electrons. The molecule has 1 atom stereocenters. The molecule has 1 aromatic carbocycles. The number of fused-ring (bicyclic) bond motifs is 1. The summed E-state index contributed by atoms with van der Waals surface area (Å²) in [5.41, 5.74) is 4.54. The topological polar surface area (TPSA) is 37.8 Å². The van der Waals surface area contributed by atoms with Crippen molar-refractivity contribution in [2.75, 3.05) is 5.32 Å². The van der Waals surface area contributed by atoms with Crippen molar-refractivity contribution in [3.05, 3.63) is 39.9 Å². The van der Waals surface area contributed by atoms with E-state index in [1.54, 1.807) is 5.51 Å². The zero-order valence-electron chi connectivity index (χ0n) is 10.3. The van der Waals surface area contributed by atoms with Crippen molar-refractivity contribution in [3.63, 3.8) is 0 Å². The van der Waals surface area contributed by atoms with Crippen LogP contribution in [0.15, 0.2) is 23.7 Å². The van der Waals surface area contributed by atoms with Gasteiger partial charge in [-0.3, -0.25) is 0 Å². The van der Waals surface area contributed by atoms with Gasteiger partial charge in [0.25, 0.3) is 0 Å². The quantitative estimate of drug-likeness (QED) is 0.905. The van der Waals surface area contributed by atoms with E-state index in [0.717, 1.165) is 16.6 Å². The SMILES string of the molecule is CC1(C)Cc2ccc(Cl)cc2C1Nc1nncs1. The highest BCUT2D eigenvalue weighted by Crippen LogP contribution is 2.47. The van der Waals surface area contributed by atoms with E-state index in [-0.39, 0.29) is 11.5 Å². The second-order valence-electron chi connectivity index (χ2n) is 5.33. The maximum Gasteiger partial charge on any atom is 0.205 e. The van der Waals surface area contributed by atoms with Crippen LogP contribution in [0.5, 0.6) is 0 Å². The Balaban J connectivity index is 1.99. The molecule has 0 saturated heterocycles. The van der Waals surface area contributed by atoms with E-state index in [2.05, 4.69) is 41.5 Å². The molecule has 3 nitrogen and oxygen atoms in total. The van der Waals surface area contributed by atoms with E-state index >= 15 is 0 Å². The average molecular weight is 280 g/mol. The van der Waals surface area contributed by atoms with Crippen LogP contribution < -0.4 is 5.32 Å². The smallest absolute Gasteiger partial charge is 0.205 e.